The van der Waals surface area contributed by atoms with Crippen molar-refractivity contribution in [2.75, 3.05) is 19.8 Å². The van der Waals surface area contributed by atoms with Gasteiger partial charge in [0.15, 0.2) is 0 Å². The summed E-state index contributed by atoms with van der Waals surface area (Å²) in [5.74, 6) is -3.13. The maximum atomic E-state index is 12.8. The van der Waals surface area contributed by atoms with Crippen LogP contribution in [0.3, 0.4) is 0 Å². The van der Waals surface area contributed by atoms with Gasteiger partial charge >= 0.3 is 25.7 Å². The predicted molar refractivity (Wildman–Crippen MR) is 261 cm³/mol. The van der Waals surface area contributed by atoms with Crippen molar-refractivity contribution in [3.8, 4) is 11.8 Å². The average molecular weight is 970 g/mol. The van der Waals surface area contributed by atoms with E-state index in [0.717, 1.165) is 89.2 Å². The molecular formula is C50H88N3O13P. The SMILES string of the molecule is CCCCCCCCC=CCCCCCCCC(=O)ONC(COP(=O)(O)OCCNC(=O)CCCCC(=O)On1c(O)ccc1O)OC(=O)CCCCCCCC=CCCCCCCCC. The van der Waals surface area contributed by atoms with Crippen molar-refractivity contribution in [3.63, 3.8) is 0 Å². The standard InChI is InChI=1S/C50H88N3O13P/c1-3-5-7-9-11-13-15-17-19-21-23-25-27-29-31-36-48(57)64-45(52-65-49(58)37-32-30-28-26-24-22-20-18-16-14-12-10-8-6-4-2)43-63-67(60,61)62-42-41-51-44(54)35-33-34-38-50(59)66-53-46(55)39-40-47(53)56/h17-20,39-40,45,52,55-56H,3-16,21-38,41-43H2,1-2H3,(H,51,54)(H,60,61). The van der Waals surface area contributed by atoms with Crippen LogP contribution in [0.4, 0.5) is 0 Å². The first-order chi connectivity index (χ1) is 32.5. The topological polar surface area (TPSA) is 221 Å². The zero-order valence-electron chi connectivity index (χ0n) is 41.1. The van der Waals surface area contributed by atoms with Gasteiger partial charge in [-0.2, -0.15) is 0 Å². The van der Waals surface area contributed by atoms with Crippen molar-refractivity contribution in [1.82, 2.24) is 15.5 Å². The van der Waals surface area contributed by atoms with Gasteiger partial charge in [-0.05, 0) is 77.0 Å². The highest BCUT2D eigenvalue weighted by Crippen LogP contribution is 2.43. The first-order valence-corrected chi connectivity index (χ1v) is 27.1. The molecule has 1 rings (SSSR count). The lowest BCUT2D eigenvalue weighted by Crippen LogP contribution is -2.39. The van der Waals surface area contributed by atoms with Gasteiger partial charge in [0.2, 0.25) is 23.9 Å². The Balaban J connectivity index is 2.41. The maximum Gasteiger partial charge on any atom is 0.472 e. The first-order valence-electron chi connectivity index (χ1n) is 25.6. The number of carbonyl (C=O) groups is 4. The van der Waals surface area contributed by atoms with Crippen molar-refractivity contribution in [3.05, 3.63) is 36.4 Å². The molecule has 0 saturated carbocycles. The van der Waals surface area contributed by atoms with E-state index in [1.54, 1.807) is 0 Å². The first kappa shape index (κ1) is 61.3. The summed E-state index contributed by atoms with van der Waals surface area (Å²) in [5, 5.41) is 21.7. The molecule has 0 radical (unpaired) electrons. The van der Waals surface area contributed by atoms with Crippen LogP contribution in [0, 0.1) is 0 Å². The Kier molecular flexibility index (Phi) is 38.8. The van der Waals surface area contributed by atoms with Crippen LogP contribution in [0.2, 0.25) is 0 Å². The Morgan fingerprint density at radius 1 is 0.582 bits per heavy atom. The van der Waals surface area contributed by atoms with Gasteiger partial charge in [-0.1, -0.05) is 141 Å². The minimum absolute atomic E-state index is 0.0479. The Bertz CT molecular complexity index is 1520. The normalized spacial score (nSPS) is 12.9. The van der Waals surface area contributed by atoms with Crippen LogP contribution in [0.15, 0.2) is 36.4 Å². The van der Waals surface area contributed by atoms with Crippen molar-refractivity contribution in [1.29, 1.82) is 0 Å². The van der Waals surface area contributed by atoms with Crippen LogP contribution in [0.25, 0.3) is 0 Å². The molecule has 67 heavy (non-hydrogen) atoms. The summed E-state index contributed by atoms with van der Waals surface area (Å²) in [5.41, 5.74) is 2.38. The van der Waals surface area contributed by atoms with E-state index >= 15 is 0 Å². The molecule has 5 N–H and O–H groups in total. The van der Waals surface area contributed by atoms with E-state index in [1.807, 2.05) is 0 Å². The molecule has 386 valence electrons. The Hall–Kier alpha value is -3.69. The number of nitrogens with one attached hydrogen (secondary N) is 2. The minimum atomic E-state index is -4.69. The third-order valence-electron chi connectivity index (χ3n) is 11.0. The number of hydrogen-bond donors (Lipinski definition) is 5. The largest absolute Gasteiger partial charge is 0.492 e. The van der Waals surface area contributed by atoms with Crippen molar-refractivity contribution in [2.45, 2.75) is 226 Å². The molecular weight excluding hydrogens is 882 g/mol. The third-order valence-corrected chi connectivity index (χ3v) is 11.9. The fourth-order valence-corrected chi connectivity index (χ4v) is 7.73. The average Bonchev–Trinajstić information content (AvgIpc) is 3.62. The van der Waals surface area contributed by atoms with Crippen LogP contribution < -0.4 is 15.6 Å². The smallest absolute Gasteiger partial charge is 0.472 e. The van der Waals surface area contributed by atoms with E-state index in [0.29, 0.717) is 24.0 Å². The van der Waals surface area contributed by atoms with E-state index in [2.05, 4.69) is 48.9 Å². The monoisotopic (exact) mass is 970 g/mol. The van der Waals surface area contributed by atoms with E-state index in [-0.39, 0.29) is 45.3 Å². The number of phosphoric ester groups is 1. The summed E-state index contributed by atoms with van der Waals surface area (Å²) in [6, 6.07) is 2.32. The molecule has 0 aromatic carbocycles. The molecule has 0 aliphatic rings. The van der Waals surface area contributed by atoms with Gasteiger partial charge in [0, 0.05) is 44.4 Å². The second kappa shape index (κ2) is 42.4. The maximum absolute atomic E-state index is 12.8. The molecule has 0 aliphatic heterocycles. The Labute approximate surface area is 401 Å². The fourth-order valence-electron chi connectivity index (χ4n) is 7.01. The molecule has 0 fully saturated rings. The minimum Gasteiger partial charge on any atom is -0.492 e. The third kappa shape index (κ3) is 37.9. The second-order valence-electron chi connectivity index (χ2n) is 17.2. The van der Waals surface area contributed by atoms with Gasteiger partial charge < -0.3 is 34.8 Å². The van der Waals surface area contributed by atoms with Crippen LogP contribution in [0.5, 0.6) is 11.8 Å². The van der Waals surface area contributed by atoms with Gasteiger partial charge in [0.05, 0.1) is 6.61 Å². The van der Waals surface area contributed by atoms with Crippen LogP contribution in [0.1, 0.15) is 219 Å². The summed E-state index contributed by atoms with van der Waals surface area (Å²) < 4.78 is 28.7. The quantitative estimate of drug-likeness (QED) is 0.0102. The van der Waals surface area contributed by atoms with Gasteiger partial charge in [-0.25, -0.2) is 9.36 Å². The zero-order chi connectivity index (χ0) is 49.1. The number of nitrogens with zero attached hydrogens (tertiary/aromatic N) is 1. The van der Waals surface area contributed by atoms with Crippen molar-refractivity contribution >= 4 is 31.6 Å². The highest BCUT2D eigenvalue weighted by Gasteiger charge is 2.26. The molecule has 0 bridgehead atoms. The lowest BCUT2D eigenvalue weighted by atomic mass is 10.1. The van der Waals surface area contributed by atoms with Gasteiger partial charge in [-0.3, -0.25) is 23.4 Å². The van der Waals surface area contributed by atoms with Gasteiger partial charge in [0.1, 0.15) is 6.61 Å². The van der Waals surface area contributed by atoms with E-state index in [9.17, 15) is 38.8 Å². The molecule has 0 aliphatic carbocycles. The highest BCUT2D eigenvalue weighted by molar-refractivity contribution is 7.47. The number of amides is 1. The molecule has 2 unspecified atom stereocenters. The molecule has 0 saturated heterocycles. The molecule has 1 amide bonds. The number of phosphoric acid groups is 1. The lowest BCUT2D eigenvalue weighted by molar-refractivity contribution is -0.175. The summed E-state index contributed by atoms with van der Waals surface area (Å²) in [6.07, 6.45) is 37.8. The number of ether oxygens (including phenoxy) is 1. The van der Waals surface area contributed by atoms with E-state index < -0.39 is 56.2 Å². The van der Waals surface area contributed by atoms with Crippen LogP contribution in [-0.2, 0) is 42.4 Å². The number of esters is 1. The van der Waals surface area contributed by atoms with Gasteiger partial charge in [-0.15, -0.1) is 10.2 Å². The molecule has 1 aromatic heterocycles. The molecule has 2 atom stereocenters. The number of aromatic nitrogens is 1. The van der Waals surface area contributed by atoms with Crippen LogP contribution >= 0.6 is 7.82 Å². The number of rotatable bonds is 46. The number of hydroxylamine groups is 1. The Morgan fingerprint density at radius 3 is 1.51 bits per heavy atom. The summed E-state index contributed by atoms with van der Waals surface area (Å²) in [4.78, 5) is 69.8. The van der Waals surface area contributed by atoms with Gasteiger partial charge in [0.25, 0.3) is 0 Å². The van der Waals surface area contributed by atoms with Crippen molar-refractivity contribution < 1.29 is 62.3 Å². The second-order valence-corrected chi connectivity index (χ2v) is 18.7. The Morgan fingerprint density at radius 2 is 1.00 bits per heavy atom. The number of carbonyl (C=O) groups excluding carboxylic acids is 4. The van der Waals surface area contributed by atoms with Crippen LogP contribution in [-0.4, -0.2) is 69.6 Å². The number of allylic oxidation sites excluding steroid dienone is 4. The molecule has 16 nitrogen and oxygen atoms in total. The summed E-state index contributed by atoms with van der Waals surface area (Å²) >= 11 is 0. The molecule has 17 heteroatoms. The number of hydrogen-bond acceptors (Lipinski definition) is 13. The lowest BCUT2D eigenvalue weighted by Gasteiger charge is -2.20. The van der Waals surface area contributed by atoms with Crippen molar-refractivity contribution in [2.24, 2.45) is 0 Å². The molecule has 1 aromatic rings. The molecule has 1 heterocycles. The van der Waals surface area contributed by atoms with E-state index in [4.69, 9.17) is 23.5 Å². The fraction of sp³-hybridized carbons (Fsp3) is 0.760. The highest BCUT2D eigenvalue weighted by atomic mass is 31.2. The number of unbranched alkanes of at least 4 members (excludes halogenated alkanes) is 23. The van der Waals surface area contributed by atoms with E-state index in [1.165, 1.54) is 77.0 Å². The summed E-state index contributed by atoms with van der Waals surface area (Å²) in [6.45, 7) is 3.30. The predicted octanol–water partition coefficient (Wildman–Crippen LogP) is 11.7. The zero-order valence-corrected chi connectivity index (χ0v) is 42.0. The molecule has 0 spiro atoms. The summed E-state index contributed by atoms with van der Waals surface area (Å²) in [7, 11) is -4.69. The number of aromatic hydroxyl groups is 2.